The van der Waals surface area contributed by atoms with E-state index in [1.165, 1.54) is 6.07 Å². The number of nitro benzene ring substituents is 1. The van der Waals surface area contributed by atoms with Gasteiger partial charge in [0.1, 0.15) is 28.8 Å². The van der Waals surface area contributed by atoms with Gasteiger partial charge in [-0.1, -0.05) is 91.0 Å². The van der Waals surface area contributed by atoms with Crippen molar-refractivity contribution >= 4 is 28.1 Å². The molecule has 0 aliphatic heterocycles. The number of rotatable bonds is 11. The average Bonchev–Trinajstić information content (AvgIpc) is 3.56. The Labute approximate surface area is 319 Å². The first-order valence-electron chi connectivity index (χ1n) is 17.8. The molecule has 0 bridgehead atoms. The summed E-state index contributed by atoms with van der Waals surface area (Å²) in [5.41, 5.74) is 10.3. The molecule has 8 rings (SSSR count). The third-order valence-corrected chi connectivity index (χ3v) is 9.89. The monoisotopic (exact) mass is 723 g/mol. The van der Waals surface area contributed by atoms with Gasteiger partial charge >= 0.3 is 0 Å². The van der Waals surface area contributed by atoms with Crippen LogP contribution in [-0.4, -0.2) is 30.8 Å². The second-order valence-electron chi connectivity index (χ2n) is 13.0. The number of hydrogen-bond acceptors (Lipinski definition) is 6. The minimum absolute atomic E-state index is 0.0196. The summed E-state index contributed by atoms with van der Waals surface area (Å²) in [5, 5.41) is 16.8. The fourth-order valence-electron chi connectivity index (χ4n) is 7.00. The van der Waals surface area contributed by atoms with Crippen molar-refractivity contribution < 1.29 is 19.1 Å². The van der Waals surface area contributed by atoms with E-state index in [4.69, 9.17) is 14.2 Å². The Morgan fingerprint density at radius 3 is 1.42 bits per heavy atom. The lowest BCUT2D eigenvalue weighted by Gasteiger charge is -2.16. The van der Waals surface area contributed by atoms with Crippen LogP contribution in [0.25, 0.3) is 61.1 Å². The highest BCUT2D eigenvalue weighted by molar-refractivity contribution is 6.07. The highest BCUT2D eigenvalue weighted by Gasteiger charge is 2.24. The number of methoxy groups -OCH3 is 3. The smallest absolute Gasteiger partial charge is 0.292 e. The summed E-state index contributed by atoms with van der Waals surface area (Å²) in [6, 6.07) is 53.9. The van der Waals surface area contributed by atoms with E-state index in [1.54, 1.807) is 39.5 Å². The van der Waals surface area contributed by atoms with Crippen molar-refractivity contribution in [1.82, 2.24) is 4.57 Å². The number of fused-ring (bicyclic) bond motifs is 1. The molecule has 0 spiro atoms. The summed E-state index contributed by atoms with van der Waals surface area (Å²) in [7, 11) is 4.97. The van der Waals surface area contributed by atoms with Gasteiger partial charge in [0.15, 0.2) is 0 Å². The molecule has 0 unspecified atom stereocenters. The molecule has 1 N–H and O–H groups in total. The second kappa shape index (κ2) is 15.0. The van der Waals surface area contributed by atoms with E-state index in [-0.39, 0.29) is 10.6 Å². The molecule has 55 heavy (non-hydrogen) atoms. The van der Waals surface area contributed by atoms with E-state index in [0.717, 1.165) is 78.3 Å². The van der Waals surface area contributed by atoms with Crippen LogP contribution in [0.5, 0.6) is 17.2 Å². The molecule has 0 saturated carbocycles. The molecule has 0 fully saturated rings. The predicted molar refractivity (Wildman–Crippen MR) is 221 cm³/mol. The number of hydrogen-bond donors (Lipinski definition) is 1. The second-order valence-corrected chi connectivity index (χ2v) is 13.0. The molecule has 0 saturated heterocycles. The lowest BCUT2D eigenvalue weighted by Crippen LogP contribution is -2.04. The molecule has 8 heteroatoms. The first-order chi connectivity index (χ1) is 26.9. The fraction of sp³-hybridized carbons (Fsp3) is 0.0638. The zero-order valence-corrected chi connectivity index (χ0v) is 30.5. The minimum atomic E-state index is -0.357. The van der Waals surface area contributed by atoms with Gasteiger partial charge in [-0.2, -0.15) is 0 Å². The molecular formula is C47H37N3O5. The SMILES string of the molecule is COc1ccc(-c2ccc(-c3c(Nc4ccccc4[N+](=O)[O-])n(-c4ccc(-c5ccc(OC)cc5)cc4)c4ccc(-c5ccc(OC)cc5)cc34)cc2)cc1. The molecule has 8 nitrogen and oxygen atoms in total. The maximum absolute atomic E-state index is 12.3. The lowest BCUT2D eigenvalue weighted by atomic mass is 9.97. The molecule has 0 aliphatic rings. The summed E-state index contributed by atoms with van der Waals surface area (Å²) in [4.78, 5) is 11.9. The average molecular weight is 724 g/mol. The molecular weight excluding hydrogens is 687 g/mol. The molecule has 0 radical (unpaired) electrons. The van der Waals surface area contributed by atoms with E-state index in [2.05, 4.69) is 76.6 Å². The summed E-state index contributed by atoms with van der Waals surface area (Å²) in [5.74, 6) is 3.07. The van der Waals surface area contributed by atoms with Crippen LogP contribution in [0.1, 0.15) is 0 Å². The van der Waals surface area contributed by atoms with Crippen molar-refractivity contribution in [2.24, 2.45) is 0 Å². The molecule has 1 aromatic heterocycles. The topological polar surface area (TPSA) is 87.8 Å². The molecule has 1 heterocycles. The Morgan fingerprint density at radius 2 is 0.927 bits per heavy atom. The van der Waals surface area contributed by atoms with Gasteiger partial charge in [-0.3, -0.25) is 14.7 Å². The van der Waals surface area contributed by atoms with Crippen molar-refractivity contribution in [1.29, 1.82) is 0 Å². The summed E-state index contributed by atoms with van der Waals surface area (Å²) in [6.07, 6.45) is 0. The molecule has 0 atom stereocenters. The maximum Gasteiger partial charge on any atom is 0.292 e. The molecule has 270 valence electrons. The third-order valence-electron chi connectivity index (χ3n) is 9.89. The number of nitrogens with zero attached hydrogens (tertiary/aromatic N) is 2. The van der Waals surface area contributed by atoms with Gasteiger partial charge in [-0.05, 0) is 106 Å². The Kier molecular flexibility index (Phi) is 9.45. The number of benzene rings is 7. The summed E-state index contributed by atoms with van der Waals surface area (Å²) < 4.78 is 18.3. The lowest BCUT2D eigenvalue weighted by molar-refractivity contribution is -0.383. The zero-order chi connectivity index (χ0) is 37.9. The first kappa shape index (κ1) is 34.7. The van der Waals surface area contributed by atoms with Gasteiger partial charge in [-0.25, -0.2) is 0 Å². The highest BCUT2D eigenvalue weighted by atomic mass is 16.6. The summed E-state index contributed by atoms with van der Waals surface area (Å²) >= 11 is 0. The van der Waals surface area contributed by atoms with Gasteiger partial charge in [0.05, 0.1) is 31.8 Å². The van der Waals surface area contributed by atoms with Crippen molar-refractivity contribution in [3.63, 3.8) is 0 Å². The van der Waals surface area contributed by atoms with Crippen molar-refractivity contribution in [3.05, 3.63) is 174 Å². The van der Waals surface area contributed by atoms with Gasteiger partial charge in [0, 0.05) is 22.7 Å². The fourth-order valence-corrected chi connectivity index (χ4v) is 7.00. The van der Waals surface area contributed by atoms with Crippen LogP contribution in [-0.2, 0) is 0 Å². The van der Waals surface area contributed by atoms with Gasteiger partial charge in [0.25, 0.3) is 5.69 Å². The van der Waals surface area contributed by atoms with Gasteiger partial charge < -0.3 is 19.5 Å². The molecule has 7 aromatic carbocycles. The van der Waals surface area contributed by atoms with Crippen molar-refractivity contribution in [2.75, 3.05) is 26.6 Å². The van der Waals surface area contributed by atoms with Crippen LogP contribution in [0.2, 0.25) is 0 Å². The van der Waals surface area contributed by atoms with E-state index in [9.17, 15) is 10.1 Å². The van der Waals surface area contributed by atoms with Crippen LogP contribution < -0.4 is 19.5 Å². The van der Waals surface area contributed by atoms with Crippen LogP contribution in [0.3, 0.4) is 0 Å². The van der Waals surface area contributed by atoms with Crippen molar-refractivity contribution in [2.45, 2.75) is 0 Å². The van der Waals surface area contributed by atoms with Crippen molar-refractivity contribution in [3.8, 4) is 67.4 Å². The van der Waals surface area contributed by atoms with Crippen LogP contribution >= 0.6 is 0 Å². The highest BCUT2D eigenvalue weighted by Crippen LogP contribution is 2.45. The molecule has 8 aromatic rings. The number of aromatic nitrogens is 1. The standard InChI is InChI=1S/C47H37N3O5/c1-53-39-23-14-33(15-24-39)31-8-10-36(11-9-31)46-42-30-37(35-18-27-41(55-3)28-19-35)20-29-44(42)49(47(46)48-43-6-4-5-7-45(43)50(51)52)38-21-12-32(13-22-38)34-16-25-40(54-2)26-17-34/h4-30,48H,1-3H3. The summed E-state index contributed by atoms with van der Waals surface area (Å²) in [6.45, 7) is 0. The maximum atomic E-state index is 12.3. The van der Waals surface area contributed by atoms with E-state index < -0.39 is 0 Å². The van der Waals surface area contributed by atoms with E-state index in [0.29, 0.717) is 11.5 Å². The molecule has 0 aliphatic carbocycles. The minimum Gasteiger partial charge on any atom is -0.497 e. The van der Waals surface area contributed by atoms with E-state index >= 15 is 0 Å². The van der Waals surface area contributed by atoms with Crippen LogP contribution in [0, 0.1) is 10.1 Å². The predicted octanol–water partition coefficient (Wildman–Crippen LogP) is 12.0. The van der Waals surface area contributed by atoms with Gasteiger partial charge in [0.2, 0.25) is 0 Å². The molecule has 0 amide bonds. The first-order valence-corrected chi connectivity index (χ1v) is 17.8. The number of nitro groups is 1. The van der Waals surface area contributed by atoms with Gasteiger partial charge in [-0.15, -0.1) is 0 Å². The number of ether oxygens (including phenoxy) is 3. The number of para-hydroxylation sites is 2. The van der Waals surface area contributed by atoms with Crippen LogP contribution in [0.15, 0.2) is 164 Å². The normalized spacial score (nSPS) is 11.0. The van der Waals surface area contributed by atoms with E-state index in [1.807, 2.05) is 72.8 Å². The Morgan fingerprint density at radius 1 is 0.509 bits per heavy atom. The third kappa shape index (κ3) is 6.84. The largest absolute Gasteiger partial charge is 0.497 e. The Balaban J connectivity index is 1.35. The van der Waals surface area contributed by atoms with Crippen LogP contribution in [0.4, 0.5) is 17.2 Å². The Hall–Kier alpha value is -7.32. The Bertz CT molecular complexity index is 2610. The quantitative estimate of drug-likeness (QED) is 0.106. The number of anilines is 2. The number of nitrogens with one attached hydrogen (secondary N) is 1. The zero-order valence-electron chi connectivity index (χ0n) is 30.5.